The molecular weight excluding hydrogens is 866 g/mol. The molecule has 0 aliphatic carbocycles. The lowest BCUT2D eigenvalue weighted by Gasteiger charge is -2.20. The number of allylic oxidation sites excluding steroid dienone is 12. The van der Waals surface area contributed by atoms with E-state index < -0.39 is 13.9 Å². The predicted molar refractivity (Wildman–Crippen MR) is 293 cm³/mol. The van der Waals surface area contributed by atoms with Gasteiger partial charge in [0, 0.05) is 19.6 Å². The van der Waals surface area contributed by atoms with Crippen molar-refractivity contribution in [1.82, 2.24) is 0 Å². The lowest BCUT2D eigenvalue weighted by Crippen LogP contribution is -2.28. The first kappa shape index (κ1) is 65.9. The second kappa shape index (κ2) is 55.9. The van der Waals surface area contributed by atoms with Gasteiger partial charge < -0.3 is 20.1 Å². The van der Waals surface area contributed by atoms with E-state index in [4.69, 9.17) is 24.3 Å². The molecular formula is C59H108NO7P. The summed E-state index contributed by atoms with van der Waals surface area (Å²) in [6, 6.07) is 0. The summed E-state index contributed by atoms with van der Waals surface area (Å²) in [5, 5.41) is 0. The van der Waals surface area contributed by atoms with E-state index in [-0.39, 0.29) is 32.3 Å². The van der Waals surface area contributed by atoms with Crippen molar-refractivity contribution < 1.29 is 32.8 Å². The van der Waals surface area contributed by atoms with Gasteiger partial charge in [0.05, 0.1) is 19.8 Å². The third kappa shape index (κ3) is 54.9. The molecule has 0 aromatic rings. The first-order valence-electron chi connectivity index (χ1n) is 28.4. The summed E-state index contributed by atoms with van der Waals surface area (Å²) in [5.41, 5.74) is 5.40. The Morgan fingerprint density at radius 3 is 1.24 bits per heavy atom. The second-order valence-electron chi connectivity index (χ2n) is 18.8. The summed E-state index contributed by atoms with van der Waals surface area (Å²) in [6.07, 6.45) is 72.4. The predicted octanol–water partition coefficient (Wildman–Crippen LogP) is 18.2. The molecule has 2 atom stereocenters. The van der Waals surface area contributed by atoms with Gasteiger partial charge in [-0.05, 0) is 64.2 Å². The van der Waals surface area contributed by atoms with E-state index >= 15 is 0 Å². The van der Waals surface area contributed by atoms with Gasteiger partial charge in [0.25, 0.3) is 0 Å². The SMILES string of the molecule is CC/C=C\C/C=C\C/C=C\C/C=C\C/C=C\C/C=C\CCCCCCCCC(=O)OC(COCCCCCCCCCCCCCCCCCCCCCCCCCC)COP(=O)(O)OCCN. The van der Waals surface area contributed by atoms with Crippen LogP contribution in [0.2, 0.25) is 0 Å². The average Bonchev–Trinajstić information content (AvgIpc) is 3.33. The van der Waals surface area contributed by atoms with Gasteiger partial charge in [-0.2, -0.15) is 0 Å². The van der Waals surface area contributed by atoms with Crippen LogP contribution in [-0.4, -0.2) is 49.9 Å². The van der Waals surface area contributed by atoms with Gasteiger partial charge >= 0.3 is 13.8 Å². The molecule has 396 valence electrons. The van der Waals surface area contributed by atoms with Crippen LogP contribution in [-0.2, 0) is 27.9 Å². The second-order valence-corrected chi connectivity index (χ2v) is 20.2. The summed E-state index contributed by atoms with van der Waals surface area (Å²) < 4.78 is 33.7. The van der Waals surface area contributed by atoms with E-state index in [1.165, 1.54) is 154 Å². The molecule has 8 nitrogen and oxygen atoms in total. The van der Waals surface area contributed by atoms with E-state index in [0.29, 0.717) is 13.0 Å². The number of unbranched alkanes of at least 4 members (excludes halogenated alkanes) is 29. The third-order valence-corrected chi connectivity index (χ3v) is 13.1. The van der Waals surface area contributed by atoms with Crippen molar-refractivity contribution in [2.45, 2.75) is 264 Å². The highest BCUT2D eigenvalue weighted by Crippen LogP contribution is 2.43. The van der Waals surface area contributed by atoms with E-state index in [1.807, 2.05) is 0 Å². The Bertz CT molecular complexity index is 1280. The van der Waals surface area contributed by atoms with E-state index in [1.54, 1.807) is 0 Å². The molecule has 0 saturated heterocycles. The first-order valence-corrected chi connectivity index (χ1v) is 29.9. The maximum absolute atomic E-state index is 12.7. The number of rotatable bonds is 54. The molecule has 0 saturated carbocycles. The molecule has 0 heterocycles. The Morgan fingerprint density at radius 2 is 0.824 bits per heavy atom. The molecule has 9 heteroatoms. The van der Waals surface area contributed by atoms with Crippen LogP contribution in [0.5, 0.6) is 0 Å². The third-order valence-electron chi connectivity index (χ3n) is 12.1. The molecule has 0 aromatic carbocycles. The summed E-state index contributed by atoms with van der Waals surface area (Å²) in [5.74, 6) is -0.342. The summed E-state index contributed by atoms with van der Waals surface area (Å²) >= 11 is 0. The topological polar surface area (TPSA) is 117 Å². The van der Waals surface area contributed by atoms with Crippen LogP contribution in [0.3, 0.4) is 0 Å². The fraction of sp³-hybridized carbons (Fsp3) is 0.780. The number of hydrogen-bond acceptors (Lipinski definition) is 7. The van der Waals surface area contributed by atoms with Crippen LogP contribution in [0.15, 0.2) is 72.9 Å². The van der Waals surface area contributed by atoms with Gasteiger partial charge in [0.2, 0.25) is 0 Å². The maximum atomic E-state index is 12.7. The van der Waals surface area contributed by atoms with Crippen LogP contribution in [0.1, 0.15) is 258 Å². The number of nitrogens with two attached hydrogens (primary N) is 1. The molecule has 2 unspecified atom stereocenters. The van der Waals surface area contributed by atoms with Gasteiger partial charge in [-0.3, -0.25) is 13.8 Å². The molecule has 0 spiro atoms. The molecule has 68 heavy (non-hydrogen) atoms. The maximum Gasteiger partial charge on any atom is 0.472 e. The van der Waals surface area contributed by atoms with Crippen molar-refractivity contribution in [3.8, 4) is 0 Å². The van der Waals surface area contributed by atoms with E-state index in [2.05, 4.69) is 86.8 Å². The summed E-state index contributed by atoms with van der Waals surface area (Å²) in [4.78, 5) is 22.7. The fourth-order valence-corrected chi connectivity index (χ4v) is 8.77. The normalized spacial score (nSPS) is 13.8. The Hall–Kier alpha value is -2.06. The van der Waals surface area contributed by atoms with Crippen molar-refractivity contribution >= 4 is 13.8 Å². The fourth-order valence-electron chi connectivity index (χ4n) is 8.00. The smallest absolute Gasteiger partial charge is 0.457 e. The van der Waals surface area contributed by atoms with Gasteiger partial charge in [-0.1, -0.05) is 260 Å². The van der Waals surface area contributed by atoms with Crippen molar-refractivity contribution in [3.05, 3.63) is 72.9 Å². The van der Waals surface area contributed by atoms with Crippen molar-refractivity contribution in [1.29, 1.82) is 0 Å². The molecule has 0 rings (SSSR count). The molecule has 0 radical (unpaired) electrons. The van der Waals surface area contributed by atoms with Crippen molar-refractivity contribution in [2.24, 2.45) is 5.73 Å². The van der Waals surface area contributed by atoms with Gasteiger partial charge in [-0.15, -0.1) is 0 Å². The average molecular weight is 974 g/mol. The number of ether oxygens (including phenoxy) is 2. The largest absolute Gasteiger partial charge is 0.472 e. The molecule has 0 bridgehead atoms. The molecule has 3 N–H and O–H groups in total. The zero-order valence-corrected chi connectivity index (χ0v) is 45.2. The summed E-state index contributed by atoms with van der Waals surface area (Å²) in [6.45, 7) is 4.83. The van der Waals surface area contributed by atoms with Crippen molar-refractivity contribution in [3.63, 3.8) is 0 Å². The number of phosphoric acid groups is 1. The van der Waals surface area contributed by atoms with Gasteiger partial charge in [0.1, 0.15) is 6.10 Å². The Morgan fingerprint density at radius 1 is 0.456 bits per heavy atom. The number of carbonyl (C=O) groups excluding carboxylic acids is 1. The van der Waals surface area contributed by atoms with Gasteiger partial charge in [-0.25, -0.2) is 4.57 Å². The Balaban J connectivity index is 3.93. The highest BCUT2D eigenvalue weighted by molar-refractivity contribution is 7.47. The zero-order valence-electron chi connectivity index (χ0n) is 44.3. The van der Waals surface area contributed by atoms with Crippen LogP contribution in [0.4, 0.5) is 0 Å². The van der Waals surface area contributed by atoms with Crippen LogP contribution in [0, 0.1) is 0 Å². The lowest BCUT2D eigenvalue weighted by molar-refractivity contribution is -0.154. The molecule has 0 fully saturated rings. The van der Waals surface area contributed by atoms with Crippen LogP contribution >= 0.6 is 7.82 Å². The zero-order chi connectivity index (χ0) is 49.4. The number of esters is 1. The first-order chi connectivity index (χ1) is 33.4. The monoisotopic (exact) mass is 974 g/mol. The Kier molecular flexibility index (Phi) is 54.2. The molecule has 0 aromatic heterocycles. The highest BCUT2D eigenvalue weighted by Gasteiger charge is 2.25. The summed E-state index contributed by atoms with van der Waals surface area (Å²) in [7, 11) is -4.29. The molecule has 0 aliphatic heterocycles. The van der Waals surface area contributed by atoms with E-state index in [0.717, 1.165) is 83.5 Å². The highest BCUT2D eigenvalue weighted by atomic mass is 31.2. The molecule has 0 aliphatic rings. The molecule has 0 amide bonds. The number of hydrogen-bond donors (Lipinski definition) is 2. The standard InChI is InChI=1S/C59H108NO7P/c1-3-5-7-9-11-13-15-17-19-21-23-25-27-29-30-32-34-36-38-40-42-44-46-48-50-52-59(61)67-58(57-66-68(62,63)65-55-53-60)56-64-54-51-49-47-45-43-41-39-37-35-33-31-28-26-24-22-20-18-16-14-12-10-8-6-4-2/h5,7,11,13,17,19,23,25,29-30,34,36,58H,3-4,6,8-10,12,14-16,18,20-22,24,26-28,31-33,35,37-57,60H2,1-2H3,(H,62,63)/b7-5-,13-11-,19-17-,25-23-,30-29-,36-34-. The quantitative estimate of drug-likeness (QED) is 0.0268. The van der Waals surface area contributed by atoms with Crippen LogP contribution in [0.25, 0.3) is 0 Å². The van der Waals surface area contributed by atoms with Crippen LogP contribution < -0.4 is 5.73 Å². The minimum absolute atomic E-state index is 0.0957. The Labute approximate surface area is 420 Å². The van der Waals surface area contributed by atoms with Crippen molar-refractivity contribution in [2.75, 3.05) is 33.0 Å². The number of carbonyl (C=O) groups is 1. The lowest BCUT2D eigenvalue weighted by atomic mass is 10.0. The van der Waals surface area contributed by atoms with Gasteiger partial charge in [0.15, 0.2) is 0 Å². The number of phosphoric ester groups is 1. The minimum atomic E-state index is -4.29. The van der Waals surface area contributed by atoms with E-state index in [9.17, 15) is 14.3 Å². The minimum Gasteiger partial charge on any atom is -0.457 e.